The number of hydrogen-bond acceptors (Lipinski definition) is 2. The van der Waals surface area contributed by atoms with Gasteiger partial charge in [0.1, 0.15) is 0 Å². The molecule has 3 aromatic rings. The summed E-state index contributed by atoms with van der Waals surface area (Å²) in [4.78, 5) is 25.5. The lowest BCUT2D eigenvalue weighted by atomic mass is 9.84. The molecule has 0 aliphatic heterocycles. The first-order valence-corrected chi connectivity index (χ1v) is 11.1. The Morgan fingerprint density at radius 2 is 1.48 bits per heavy atom. The van der Waals surface area contributed by atoms with E-state index in [0.29, 0.717) is 5.56 Å². The van der Waals surface area contributed by atoms with Crippen LogP contribution in [0, 0.1) is 0 Å². The predicted octanol–water partition coefficient (Wildman–Crippen LogP) is 7.36. The number of carboxylic acids is 1. The van der Waals surface area contributed by atoms with Crippen LogP contribution in [0.3, 0.4) is 0 Å². The van der Waals surface area contributed by atoms with Crippen LogP contribution in [0.1, 0.15) is 83.7 Å². The Balaban J connectivity index is 1.94. The highest BCUT2D eigenvalue weighted by molar-refractivity contribution is 6.14. The molecule has 0 saturated carbocycles. The molecule has 160 valence electrons. The summed E-state index contributed by atoms with van der Waals surface area (Å²) < 4.78 is 0. The first-order valence-electron chi connectivity index (χ1n) is 11.1. The molecule has 0 fully saturated rings. The maximum Gasteiger partial charge on any atom is 0.336 e. The van der Waals surface area contributed by atoms with Crippen molar-refractivity contribution in [3.63, 3.8) is 0 Å². The highest BCUT2D eigenvalue weighted by Crippen LogP contribution is 2.31. The van der Waals surface area contributed by atoms with Crippen molar-refractivity contribution >= 4 is 11.8 Å². The highest BCUT2D eigenvalue weighted by atomic mass is 16.4. The first-order chi connectivity index (χ1) is 15.1. The monoisotopic (exact) mass is 414 g/mol. The molecule has 0 aliphatic carbocycles. The number of aromatic carboxylic acids is 1. The molecule has 0 amide bonds. The van der Waals surface area contributed by atoms with E-state index in [1.807, 2.05) is 54.6 Å². The Bertz CT molecular complexity index is 1020. The second-order valence-electron chi connectivity index (χ2n) is 7.95. The van der Waals surface area contributed by atoms with Crippen molar-refractivity contribution < 1.29 is 14.7 Å². The van der Waals surface area contributed by atoms with Gasteiger partial charge < -0.3 is 5.11 Å². The molecule has 1 unspecified atom stereocenters. The van der Waals surface area contributed by atoms with Gasteiger partial charge in [0.15, 0.2) is 5.78 Å². The third kappa shape index (κ3) is 5.29. The molecular formula is C28H30O3. The molecule has 0 radical (unpaired) electrons. The van der Waals surface area contributed by atoms with Gasteiger partial charge >= 0.3 is 5.97 Å². The summed E-state index contributed by atoms with van der Waals surface area (Å²) in [5, 5.41) is 10.00. The second kappa shape index (κ2) is 10.7. The average molecular weight is 415 g/mol. The Hall–Kier alpha value is -3.20. The quantitative estimate of drug-likeness (QED) is 0.278. The summed E-state index contributed by atoms with van der Waals surface area (Å²) in [6, 6.07) is 22.7. The fraction of sp³-hybridized carbons (Fsp3) is 0.286. The second-order valence-corrected chi connectivity index (χ2v) is 7.95. The van der Waals surface area contributed by atoms with E-state index in [2.05, 4.69) is 13.8 Å². The Morgan fingerprint density at radius 1 is 0.806 bits per heavy atom. The number of benzene rings is 3. The summed E-state index contributed by atoms with van der Waals surface area (Å²) in [6.07, 6.45) is 5.11. The van der Waals surface area contributed by atoms with Gasteiger partial charge in [0, 0.05) is 11.1 Å². The molecular weight excluding hydrogens is 384 g/mol. The molecule has 0 heterocycles. The molecule has 0 saturated heterocycles. The zero-order chi connectivity index (χ0) is 22.2. The van der Waals surface area contributed by atoms with E-state index in [1.54, 1.807) is 18.2 Å². The van der Waals surface area contributed by atoms with Crippen LogP contribution in [0.25, 0.3) is 11.1 Å². The molecule has 3 rings (SSSR count). The minimum Gasteiger partial charge on any atom is -0.478 e. The van der Waals surface area contributed by atoms with Crippen LogP contribution in [-0.4, -0.2) is 16.9 Å². The van der Waals surface area contributed by atoms with Gasteiger partial charge in [0.05, 0.1) is 5.56 Å². The maximum absolute atomic E-state index is 13.3. The zero-order valence-corrected chi connectivity index (χ0v) is 18.3. The summed E-state index contributed by atoms with van der Waals surface area (Å²) in [6.45, 7) is 4.24. The van der Waals surface area contributed by atoms with Crippen LogP contribution in [-0.2, 0) is 0 Å². The van der Waals surface area contributed by atoms with Crippen LogP contribution < -0.4 is 0 Å². The summed E-state index contributed by atoms with van der Waals surface area (Å²) in [5.74, 6) is -1.14. The van der Waals surface area contributed by atoms with Crippen molar-refractivity contribution in [1.29, 1.82) is 0 Å². The maximum atomic E-state index is 13.3. The van der Waals surface area contributed by atoms with Crippen molar-refractivity contribution in [1.82, 2.24) is 0 Å². The van der Waals surface area contributed by atoms with Crippen molar-refractivity contribution in [2.75, 3.05) is 0 Å². The summed E-state index contributed by atoms with van der Waals surface area (Å²) >= 11 is 0. The number of carbonyl (C=O) groups is 2. The number of carbonyl (C=O) groups excluding carboxylic acids is 1. The van der Waals surface area contributed by atoms with Gasteiger partial charge in [-0.3, -0.25) is 4.79 Å². The standard InChI is InChI=1S/C28H30O3/c1-3-5-7-11-20(4-2)24-14-10-15-25(26(24)28(30)31)27(29)23-18-16-22(17-19-23)21-12-8-6-9-13-21/h6,8-10,12-20H,3-5,7,11H2,1-2H3,(H,30,31). The highest BCUT2D eigenvalue weighted by Gasteiger charge is 2.24. The molecule has 0 aromatic heterocycles. The lowest BCUT2D eigenvalue weighted by Crippen LogP contribution is -2.15. The van der Waals surface area contributed by atoms with E-state index >= 15 is 0 Å². The number of ketones is 1. The molecule has 1 N–H and O–H groups in total. The van der Waals surface area contributed by atoms with Crippen molar-refractivity contribution in [3.05, 3.63) is 95.1 Å². The van der Waals surface area contributed by atoms with Crippen LogP contribution in [0.15, 0.2) is 72.8 Å². The fourth-order valence-electron chi connectivity index (χ4n) is 4.16. The Morgan fingerprint density at radius 3 is 2.10 bits per heavy atom. The molecule has 1 atom stereocenters. The molecule has 0 spiro atoms. The van der Waals surface area contributed by atoms with Crippen molar-refractivity contribution in [2.45, 2.75) is 51.9 Å². The summed E-state index contributed by atoms with van der Waals surface area (Å²) in [7, 11) is 0. The number of carboxylic acid groups (broad SMARTS) is 1. The summed E-state index contributed by atoms with van der Waals surface area (Å²) in [5.41, 5.74) is 3.80. The van der Waals surface area contributed by atoms with Crippen molar-refractivity contribution in [2.24, 2.45) is 0 Å². The lowest BCUT2D eigenvalue weighted by molar-refractivity contribution is 0.0690. The molecule has 0 bridgehead atoms. The van der Waals surface area contributed by atoms with Crippen LogP contribution in [0.4, 0.5) is 0 Å². The molecule has 3 nitrogen and oxygen atoms in total. The van der Waals surface area contributed by atoms with Crippen LogP contribution in [0.5, 0.6) is 0 Å². The number of unbranched alkanes of at least 4 members (excludes halogenated alkanes) is 2. The fourth-order valence-corrected chi connectivity index (χ4v) is 4.16. The van der Waals surface area contributed by atoms with Gasteiger partial charge in [-0.15, -0.1) is 0 Å². The van der Waals surface area contributed by atoms with Gasteiger partial charge in [-0.1, -0.05) is 106 Å². The van der Waals surface area contributed by atoms with Crippen molar-refractivity contribution in [3.8, 4) is 11.1 Å². The minimum atomic E-state index is -1.03. The van der Waals surface area contributed by atoms with E-state index < -0.39 is 5.97 Å². The average Bonchev–Trinajstić information content (AvgIpc) is 2.81. The topological polar surface area (TPSA) is 54.4 Å². The van der Waals surface area contributed by atoms with Crippen LogP contribution in [0.2, 0.25) is 0 Å². The van der Waals surface area contributed by atoms with Gasteiger partial charge in [0.25, 0.3) is 0 Å². The third-order valence-electron chi connectivity index (χ3n) is 5.90. The molecule has 3 heteroatoms. The Labute approximate surface area is 184 Å². The van der Waals surface area contributed by atoms with E-state index in [-0.39, 0.29) is 22.8 Å². The predicted molar refractivity (Wildman–Crippen MR) is 126 cm³/mol. The molecule has 3 aromatic carbocycles. The van der Waals surface area contributed by atoms with Crippen LogP contribution >= 0.6 is 0 Å². The number of rotatable bonds is 10. The normalized spacial score (nSPS) is 11.8. The van der Waals surface area contributed by atoms with E-state index in [0.717, 1.165) is 48.8 Å². The SMILES string of the molecule is CCCCCC(CC)c1cccc(C(=O)c2ccc(-c3ccccc3)cc2)c1C(=O)O. The Kier molecular flexibility index (Phi) is 7.77. The van der Waals surface area contributed by atoms with E-state index in [4.69, 9.17) is 0 Å². The minimum absolute atomic E-state index is 0.144. The molecule has 0 aliphatic rings. The van der Waals surface area contributed by atoms with Gasteiger partial charge in [-0.2, -0.15) is 0 Å². The first kappa shape index (κ1) is 22.5. The zero-order valence-electron chi connectivity index (χ0n) is 18.3. The van der Waals surface area contributed by atoms with Gasteiger partial charge in [-0.25, -0.2) is 4.79 Å². The smallest absolute Gasteiger partial charge is 0.336 e. The van der Waals surface area contributed by atoms with E-state index in [9.17, 15) is 14.7 Å². The number of hydrogen-bond donors (Lipinski definition) is 1. The van der Waals surface area contributed by atoms with E-state index in [1.165, 1.54) is 0 Å². The third-order valence-corrected chi connectivity index (χ3v) is 5.90. The lowest BCUT2D eigenvalue weighted by Gasteiger charge is -2.19. The van der Waals surface area contributed by atoms with Gasteiger partial charge in [0.2, 0.25) is 0 Å². The van der Waals surface area contributed by atoms with Gasteiger partial charge in [-0.05, 0) is 35.4 Å². The molecule has 31 heavy (non-hydrogen) atoms. The largest absolute Gasteiger partial charge is 0.478 e.